The maximum atomic E-state index is 11.1. The van der Waals surface area contributed by atoms with Crippen LogP contribution in [0.15, 0.2) is 30.6 Å². The molecule has 0 bridgehead atoms. The van der Waals surface area contributed by atoms with Gasteiger partial charge in [-0.25, -0.2) is 9.67 Å². The van der Waals surface area contributed by atoms with Crippen molar-refractivity contribution in [1.82, 2.24) is 14.8 Å². The third-order valence-corrected chi connectivity index (χ3v) is 3.02. The van der Waals surface area contributed by atoms with Crippen LogP contribution in [-0.2, 0) is 4.74 Å². The SMILES string of the molecule is O=Cc1cn(-c2ccccn2)nc1C1CCCO1. The molecule has 2 aromatic rings. The summed E-state index contributed by atoms with van der Waals surface area (Å²) in [6.45, 7) is 0.736. The molecule has 92 valence electrons. The Kier molecular flexibility index (Phi) is 2.90. The number of pyridine rings is 1. The number of aldehydes is 1. The lowest BCUT2D eigenvalue weighted by Crippen LogP contribution is -2.02. The molecular formula is C13H13N3O2. The van der Waals surface area contributed by atoms with Gasteiger partial charge in [0.2, 0.25) is 0 Å². The summed E-state index contributed by atoms with van der Waals surface area (Å²) in [5.74, 6) is 0.699. The van der Waals surface area contributed by atoms with Gasteiger partial charge in [-0.05, 0) is 25.0 Å². The van der Waals surface area contributed by atoms with Crippen molar-refractivity contribution in [3.8, 4) is 5.82 Å². The Morgan fingerprint density at radius 3 is 3.06 bits per heavy atom. The van der Waals surface area contributed by atoms with Crippen LogP contribution in [0, 0.1) is 0 Å². The predicted octanol–water partition coefficient (Wildman–Crippen LogP) is 1.93. The summed E-state index contributed by atoms with van der Waals surface area (Å²) >= 11 is 0. The van der Waals surface area contributed by atoms with Crippen molar-refractivity contribution in [3.05, 3.63) is 41.9 Å². The molecule has 0 amide bonds. The van der Waals surface area contributed by atoms with Crippen LogP contribution >= 0.6 is 0 Å². The number of nitrogens with zero attached hydrogens (tertiary/aromatic N) is 3. The van der Waals surface area contributed by atoms with Crippen molar-refractivity contribution in [2.24, 2.45) is 0 Å². The predicted molar refractivity (Wildman–Crippen MR) is 64.7 cm³/mol. The lowest BCUT2D eigenvalue weighted by Gasteiger charge is -2.05. The minimum Gasteiger partial charge on any atom is -0.372 e. The Morgan fingerprint density at radius 1 is 1.44 bits per heavy atom. The molecule has 0 spiro atoms. The molecule has 0 aliphatic carbocycles. The first-order valence-electron chi connectivity index (χ1n) is 5.96. The van der Waals surface area contributed by atoms with Gasteiger partial charge in [-0.2, -0.15) is 5.10 Å². The molecule has 1 atom stereocenters. The molecule has 1 saturated heterocycles. The fraction of sp³-hybridized carbons (Fsp3) is 0.308. The Morgan fingerprint density at radius 2 is 2.39 bits per heavy atom. The highest BCUT2D eigenvalue weighted by molar-refractivity contribution is 5.76. The third kappa shape index (κ3) is 1.93. The summed E-state index contributed by atoms with van der Waals surface area (Å²) in [6, 6.07) is 5.58. The molecule has 3 heterocycles. The monoisotopic (exact) mass is 243 g/mol. The first-order valence-corrected chi connectivity index (χ1v) is 5.96. The van der Waals surface area contributed by atoms with Crippen molar-refractivity contribution in [1.29, 1.82) is 0 Å². The van der Waals surface area contributed by atoms with Crippen LogP contribution in [0.1, 0.15) is 35.0 Å². The van der Waals surface area contributed by atoms with E-state index in [-0.39, 0.29) is 6.10 Å². The molecule has 0 radical (unpaired) electrons. The van der Waals surface area contributed by atoms with Crippen molar-refractivity contribution in [2.45, 2.75) is 18.9 Å². The van der Waals surface area contributed by atoms with Gasteiger partial charge in [-0.1, -0.05) is 6.07 Å². The Balaban J connectivity index is 2.00. The summed E-state index contributed by atoms with van der Waals surface area (Å²) in [6.07, 6.45) is 6.09. The highest BCUT2D eigenvalue weighted by Crippen LogP contribution is 2.29. The maximum Gasteiger partial charge on any atom is 0.153 e. The molecule has 5 nitrogen and oxygen atoms in total. The van der Waals surface area contributed by atoms with Crippen molar-refractivity contribution in [2.75, 3.05) is 6.61 Å². The lowest BCUT2D eigenvalue weighted by atomic mass is 10.1. The molecule has 18 heavy (non-hydrogen) atoms. The quantitative estimate of drug-likeness (QED) is 0.773. The minimum atomic E-state index is -0.0600. The highest BCUT2D eigenvalue weighted by atomic mass is 16.5. The van der Waals surface area contributed by atoms with Crippen LogP contribution in [-0.4, -0.2) is 27.7 Å². The molecule has 1 unspecified atom stereocenters. The zero-order valence-electron chi connectivity index (χ0n) is 9.82. The van der Waals surface area contributed by atoms with Gasteiger partial charge < -0.3 is 4.74 Å². The van der Waals surface area contributed by atoms with E-state index in [9.17, 15) is 4.79 Å². The zero-order valence-corrected chi connectivity index (χ0v) is 9.82. The van der Waals surface area contributed by atoms with Gasteiger partial charge in [-0.3, -0.25) is 4.79 Å². The van der Waals surface area contributed by atoms with E-state index in [2.05, 4.69) is 10.1 Å². The van der Waals surface area contributed by atoms with Gasteiger partial charge in [-0.15, -0.1) is 0 Å². The van der Waals surface area contributed by atoms with Crippen molar-refractivity contribution in [3.63, 3.8) is 0 Å². The summed E-state index contributed by atoms with van der Waals surface area (Å²) in [5, 5.41) is 4.43. The van der Waals surface area contributed by atoms with E-state index in [1.54, 1.807) is 17.1 Å². The second-order valence-corrected chi connectivity index (χ2v) is 4.22. The standard InChI is InChI=1S/C13H13N3O2/c17-9-10-8-16(12-5-1-2-6-14-12)15-13(10)11-4-3-7-18-11/h1-2,5-6,8-9,11H,3-4,7H2. The first kappa shape index (κ1) is 11.1. The average Bonchev–Trinajstić information content (AvgIpc) is 3.08. The second-order valence-electron chi connectivity index (χ2n) is 4.22. The van der Waals surface area contributed by atoms with Crippen LogP contribution in [0.2, 0.25) is 0 Å². The van der Waals surface area contributed by atoms with Crippen molar-refractivity contribution >= 4 is 6.29 Å². The van der Waals surface area contributed by atoms with Gasteiger partial charge in [0, 0.05) is 19.0 Å². The number of carbonyl (C=O) groups excluding carboxylic acids is 1. The smallest absolute Gasteiger partial charge is 0.153 e. The molecule has 2 aromatic heterocycles. The minimum absolute atomic E-state index is 0.0600. The van der Waals surface area contributed by atoms with E-state index in [4.69, 9.17) is 4.74 Å². The normalized spacial score (nSPS) is 19.0. The number of aromatic nitrogens is 3. The van der Waals surface area contributed by atoms with Gasteiger partial charge in [0.25, 0.3) is 0 Å². The van der Waals surface area contributed by atoms with E-state index in [1.165, 1.54) is 0 Å². The lowest BCUT2D eigenvalue weighted by molar-refractivity contribution is 0.104. The number of rotatable bonds is 3. The first-order chi connectivity index (χ1) is 8.88. The molecule has 5 heteroatoms. The third-order valence-electron chi connectivity index (χ3n) is 3.02. The topological polar surface area (TPSA) is 57.0 Å². The van der Waals surface area contributed by atoms with Crippen LogP contribution in [0.3, 0.4) is 0 Å². The van der Waals surface area contributed by atoms with E-state index in [0.29, 0.717) is 17.1 Å². The molecule has 0 N–H and O–H groups in total. The molecule has 1 aliphatic rings. The molecule has 0 aromatic carbocycles. The van der Waals surface area contributed by atoms with E-state index in [0.717, 1.165) is 25.7 Å². The largest absolute Gasteiger partial charge is 0.372 e. The fourth-order valence-corrected chi connectivity index (χ4v) is 2.14. The average molecular weight is 243 g/mol. The van der Waals surface area contributed by atoms with Crippen molar-refractivity contribution < 1.29 is 9.53 Å². The summed E-state index contributed by atoms with van der Waals surface area (Å²) in [4.78, 5) is 15.3. The Hall–Kier alpha value is -2.01. The summed E-state index contributed by atoms with van der Waals surface area (Å²) in [7, 11) is 0. The zero-order chi connectivity index (χ0) is 12.4. The van der Waals surface area contributed by atoms with Crippen LogP contribution < -0.4 is 0 Å². The highest BCUT2D eigenvalue weighted by Gasteiger charge is 2.24. The van der Waals surface area contributed by atoms with Gasteiger partial charge in [0.05, 0.1) is 5.56 Å². The van der Waals surface area contributed by atoms with E-state index < -0.39 is 0 Å². The van der Waals surface area contributed by atoms with Crippen LogP contribution in [0.5, 0.6) is 0 Å². The number of hydrogen-bond donors (Lipinski definition) is 0. The number of carbonyl (C=O) groups is 1. The van der Waals surface area contributed by atoms with E-state index >= 15 is 0 Å². The van der Waals surface area contributed by atoms with Gasteiger partial charge in [0.15, 0.2) is 12.1 Å². The molecule has 1 fully saturated rings. The Bertz CT molecular complexity index is 545. The molecular weight excluding hydrogens is 230 g/mol. The molecule has 3 rings (SSSR count). The van der Waals surface area contributed by atoms with E-state index in [1.807, 2.05) is 18.2 Å². The second kappa shape index (κ2) is 4.70. The maximum absolute atomic E-state index is 11.1. The Labute approximate surface area is 104 Å². The van der Waals surface area contributed by atoms with Gasteiger partial charge in [0.1, 0.15) is 11.8 Å². The van der Waals surface area contributed by atoms with Crippen LogP contribution in [0.25, 0.3) is 5.82 Å². The number of hydrogen-bond acceptors (Lipinski definition) is 4. The van der Waals surface area contributed by atoms with Crippen LogP contribution in [0.4, 0.5) is 0 Å². The molecule has 0 saturated carbocycles. The summed E-state index contributed by atoms with van der Waals surface area (Å²) < 4.78 is 7.20. The summed E-state index contributed by atoms with van der Waals surface area (Å²) in [5.41, 5.74) is 1.29. The fourth-order valence-electron chi connectivity index (χ4n) is 2.14. The molecule has 1 aliphatic heterocycles. The van der Waals surface area contributed by atoms with Gasteiger partial charge >= 0.3 is 0 Å². The number of ether oxygens (including phenoxy) is 1.